The van der Waals surface area contributed by atoms with E-state index in [0.29, 0.717) is 18.7 Å². The average Bonchev–Trinajstić information content (AvgIpc) is 2.56. The molecule has 2 rings (SSSR count). The van der Waals surface area contributed by atoms with Gasteiger partial charge in [0.15, 0.2) is 0 Å². The first kappa shape index (κ1) is 18.1. The summed E-state index contributed by atoms with van der Waals surface area (Å²) in [6, 6.07) is 17.3. The predicted molar refractivity (Wildman–Crippen MR) is 94.5 cm³/mol. The summed E-state index contributed by atoms with van der Waals surface area (Å²) in [5, 5.41) is 0. The van der Waals surface area contributed by atoms with E-state index in [0.717, 1.165) is 16.4 Å². The number of para-hydroxylation sites is 1. The molecule has 0 aliphatic rings. The highest BCUT2D eigenvalue weighted by atomic mass is 32.2. The molecule has 0 amide bonds. The van der Waals surface area contributed by atoms with Crippen molar-refractivity contribution in [1.82, 2.24) is 0 Å². The Bertz CT molecular complexity index is 621. The van der Waals surface area contributed by atoms with Gasteiger partial charge in [-0.15, -0.1) is 11.8 Å². The van der Waals surface area contributed by atoms with Crippen LogP contribution in [0.3, 0.4) is 0 Å². The molecule has 0 atom stereocenters. The molecule has 0 aromatic heterocycles. The van der Waals surface area contributed by atoms with Crippen molar-refractivity contribution < 1.29 is 18.3 Å². The lowest BCUT2D eigenvalue weighted by molar-refractivity contribution is 0.224. The second kappa shape index (κ2) is 9.14. The van der Waals surface area contributed by atoms with Crippen LogP contribution < -0.4 is 4.74 Å². The Morgan fingerprint density at radius 3 is 2.00 bits per heavy atom. The highest BCUT2D eigenvalue weighted by molar-refractivity contribution is 8.04. The first-order chi connectivity index (χ1) is 11.1. The van der Waals surface area contributed by atoms with E-state index in [2.05, 4.69) is 0 Å². The van der Waals surface area contributed by atoms with Gasteiger partial charge in [0.1, 0.15) is 17.0 Å². The molecule has 0 aliphatic carbocycles. The Morgan fingerprint density at radius 1 is 0.870 bits per heavy atom. The van der Waals surface area contributed by atoms with Crippen molar-refractivity contribution in [2.75, 3.05) is 18.7 Å². The number of hydrogen-bond donors (Lipinski definition) is 0. The van der Waals surface area contributed by atoms with E-state index in [-0.39, 0.29) is 0 Å². The van der Waals surface area contributed by atoms with Gasteiger partial charge < -0.3 is 13.8 Å². The fourth-order valence-corrected chi connectivity index (χ4v) is 4.90. The molecule has 0 N–H and O–H groups in total. The van der Waals surface area contributed by atoms with Crippen molar-refractivity contribution in [1.29, 1.82) is 0 Å². The van der Waals surface area contributed by atoms with Crippen LogP contribution in [0.25, 0.3) is 0 Å². The van der Waals surface area contributed by atoms with E-state index in [1.807, 2.05) is 68.4 Å². The van der Waals surface area contributed by atoms with Crippen molar-refractivity contribution in [2.45, 2.75) is 18.7 Å². The van der Waals surface area contributed by atoms with Crippen LogP contribution in [0.5, 0.6) is 11.5 Å². The van der Waals surface area contributed by atoms with Gasteiger partial charge in [-0.25, -0.2) is 0 Å². The molecule has 6 heteroatoms. The van der Waals surface area contributed by atoms with Crippen molar-refractivity contribution in [3.8, 4) is 11.5 Å². The number of rotatable bonds is 9. The fraction of sp³-hybridized carbons (Fsp3) is 0.294. The minimum Gasteiger partial charge on any atom is -0.457 e. The molecule has 4 nitrogen and oxygen atoms in total. The first-order valence-corrected chi connectivity index (χ1v) is 10.2. The summed E-state index contributed by atoms with van der Waals surface area (Å²) < 4.78 is 28.7. The topological polar surface area (TPSA) is 44.8 Å². The van der Waals surface area contributed by atoms with Crippen LogP contribution in [-0.2, 0) is 13.6 Å². The van der Waals surface area contributed by atoms with E-state index in [9.17, 15) is 4.57 Å². The zero-order valence-corrected chi connectivity index (χ0v) is 15.0. The maximum Gasteiger partial charge on any atom is 0.340 e. The quantitative estimate of drug-likeness (QED) is 0.422. The lowest BCUT2D eigenvalue weighted by Gasteiger charge is -2.16. The standard InChI is InChI=1S/C17H21O4PS/c1-3-19-22(18,20-4-2)14-23-17-12-10-16(11-13-17)21-15-8-6-5-7-9-15/h5-13H,3-4,14H2,1-2H3. The van der Waals surface area contributed by atoms with Crippen LogP contribution in [0.2, 0.25) is 0 Å². The summed E-state index contributed by atoms with van der Waals surface area (Å²) >= 11 is 1.45. The third-order valence-electron chi connectivity index (χ3n) is 2.84. The van der Waals surface area contributed by atoms with Crippen LogP contribution >= 0.6 is 19.4 Å². The Labute approximate surface area is 141 Å². The summed E-state index contributed by atoms with van der Waals surface area (Å²) in [5.41, 5.74) is 0.299. The number of thioether (sulfide) groups is 1. The molecule has 124 valence electrons. The van der Waals surface area contributed by atoms with Crippen molar-refractivity contribution in [3.63, 3.8) is 0 Å². The molecule has 2 aromatic carbocycles. The molecule has 0 saturated heterocycles. The van der Waals surface area contributed by atoms with Gasteiger partial charge in [0.25, 0.3) is 0 Å². The van der Waals surface area contributed by atoms with Gasteiger partial charge in [-0.2, -0.15) is 0 Å². The highest BCUT2D eigenvalue weighted by Crippen LogP contribution is 2.52. The maximum atomic E-state index is 12.4. The Kier molecular flexibility index (Phi) is 7.18. The van der Waals surface area contributed by atoms with Gasteiger partial charge in [-0.3, -0.25) is 4.57 Å². The van der Waals surface area contributed by atoms with Crippen molar-refractivity contribution in [2.24, 2.45) is 0 Å². The summed E-state index contributed by atoms with van der Waals surface area (Å²) in [5.74, 6) is 1.56. The van der Waals surface area contributed by atoms with Gasteiger partial charge in [-0.1, -0.05) is 18.2 Å². The lowest BCUT2D eigenvalue weighted by Crippen LogP contribution is -1.97. The van der Waals surface area contributed by atoms with E-state index < -0.39 is 7.60 Å². The normalized spacial score (nSPS) is 11.4. The Balaban J connectivity index is 1.93. The minimum absolute atomic E-state index is 0.299. The van der Waals surface area contributed by atoms with Crippen LogP contribution in [-0.4, -0.2) is 18.7 Å². The van der Waals surface area contributed by atoms with Crippen LogP contribution in [0, 0.1) is 0 Å². The summed E-state index contributed by atoms with van der Waals surface area (Å²) in [6.07, 6.45) is 0. The van der Waals surface area contributed by atoms with E-state index in [1.165, 1.54) is 11.8 Å². The van der Waals surface area contributed by atoms with Crippen molar-refractivity contribution >= 4 is 19.4 Å². The fourth-order valence-electron chi connectivity index (χ4n) is 1.89. The molecule has 0 spiro atoms. The van der Waals surface area contributed by atoms with Crippen LogP contribution in [0.1, 0.15) is 13.8 Å². The van der Waals surface area contributed by atoms with Gasteiger partial charge in [0.05, 0.1) is 13.2 Å². The lowest BCUT2D eigenvalue weighted by atomic mass is 10.3. The zero-order valence-electron chi connectivity index (χ0n) is 13.3. The molecule has 0 saturated carbocycles. The smallest absolute Gasteiger partial charge is 0.340 e. The molecule has 23 heavy (non-hydrogen) atoms. The van der Waals surface area contributed by atoms with Crippen LogP contribution in [0.4, 0.5) is 0 Å². The van der Waals surface area contributed by atoms with Gasteiger partial charge in [-0.05, 0) is 50.2 Å². The highest BCUT2D eigenvalue weighted by Gasteiger charge is 2.23. The predicted octanol–water partition coefficient (Wildman–Crippen LogP) is 5.79. The second-order valence-corrected chi connectivity index (χ2v) is 8.14. The van der Waals surface area contributed by atoms with Crippen molar-refractivity contribution in [3.05, 3.63) is 54.6 Å². The molecule has 0 heterocycles. The second-order valence-electron chi connectivity index (χ2n) is 4.61. The number of ether oxygens (including phenoxy) is 1. The Hall–Kier alpha value is -1.26. The van der Waals surface area contributed by atoms with E-state index in [1.54, 1.807) is 0 Å². The van der Waals surface area contributed by atoms with Gasteiger partial charge in [0, 0.05) is 4.90 Å². The maximum absolute atomic E-state index is 12.4. The number of hydrogen-bond acceptors (Lipinski definition) is 5. The summed E-state index contributed by atoms with van der Waals surface area (Å²) in [4.78, 5) is 0.991. The SMILES string of the molecule is CCOP(=O)(CSc1ccc(Oc2ccccc2)cc1)OCC. The first-order valence-electron chi connectivity index (χ1n) is 7.49. The Morgan fingerprint density at radius 2 is 1.43 bits per heavy atom. The minimum atomic E-state index is -3.02. The average molecular weight is 352 g/mol. The van der Waals surface area contributed by atoms with E-state index >= 15 is 0 Å². The molecular formula is C17H21O4PS. The third-order valence-corrected chi connectivity index (χ3v) is 6.53. The monoisotopic (exact) mass is 352 g/mol. The molecule has 0 bridgehead atoms. The summed E-state index contributed by atoms with van der Waals surface area (Å²) in [6.45, 7) is 4.38. The molecule has 0 unspecified atom stereocenters. The molecule has 2 aromatic rings. The van der Waals surface area contributed by atoms with Gasteiger partial charge in [0.2, 0.25) is 0 Å². The van der Waals surface area contributed by atoms with E-state index in [4.69, 9.17) is 13.8 Å². The third kappa shape index (κ3) is 6.04. The number of benzene rings is 2. The van der Waals surface area contributed by atoms with Crippen LogP contribution in [0.15, 0.2) is 59.5 Å². The zero-order chi connectivity index (χ0) is 16.5. The molecule has 0 aliphatic heterocycles. The summed E-state index contributed by atoms with van der Waals surface area (Å²) in [7, 11) is -3.02. The largest absolute Gasteiger partial charge is 0.457 e. The van der Waals surface area contributed by atoms with Gasteiger partial charge >= 0.3 is 7.60 Å². The molecule has 0 radical (unpaired) electrons. The molecular weight excluding hydrogens is 331 g/mol. The molecule has 0 fully saturated rings.